The Bertz CT molecular complexity index is 1990. The van der Waals surface area contributed by atoms with Crippen molar-refractivity contribution in [2.75, 3.05) is 19.6 Å². The number of aliphatic carboxylic acids is 2. The molecule has 65 heavy (non-hydrogen) atoms. The third-order valence-corrected chi connectivity index (χ3v) is 11.6. The Morgan fingerprint density at radius 2 is 1.54 bits per heavy atom. The highest BCUT2D eigenvalue weighted by molar-refractivity contribution is 5.98. The van der Waals surface area contributed by atoms with Gasteiger partial charge in [0.05, 0.1) is 18.8 Å². The Morgan fingerprint density at radius 3 is 2.12 bits per heavy atom. The van der Waals surface area contributed by atoms with Gasteiger partial charge in [0, 0.05) is 50.8 Å². The Morgan fingerprint density at radius 1 is 0.892 bits per heavy atom. The van der Waals surface area contributed by atoms with Gasteiger partial charge in [0.1, 0.15) is 36.3 Å². The van der Waals surface area contributed by atoms with Crippen LogP contribution in [0.4, 0.5) is 0 Å². The number of amides is 6. The van der Waals surface area contributed by atoms with E-state index in [1.165, 1.54) is 34.5 Å². The molecule has 0 bridgehead atoms. The van der Waals surface area contributed by atoms with Gasteiger partial charge in [0.25, 0.3) is 0 Å². The molecule has 0 radical (unpaired) electrons. The summed E-state index contributed by atoms with van der Waals surface area (Å²) in [5.74, 6) is -9.96. The molecule has 2 aliphatic heterocycles. The fraction of sp³-hybridized carbons (Fsp3) is 0.610. The number of rotatable bonds is 23. The van der Waals surface area contributed by atoms with E-state index in [-0.39, 0.29) is 70.5 Å². The molecule has 1 aliphatic carbocycles. The van der Waals surface area contributed by atoms with Crippen molar-refractivity contribution in [3.05, 3.63) is 42.0 Å². The number of hydrogen-bond donors (Lipinski definition) is 12. The molecule has 3 aliphatic rings. The SMILES string of the molecule is CC[C@H](C)[C@H](NC(=O)[C@H](CC1=CCC(O)(O)C=C1)NC(=O)[C@@H]1CCCN1C(=O)[C@H](CCCN=C(N)N)NC(=O)[C@@H](N)CC(=O)O)C(=O)N[C@@H](Cc1cnc[nH]1)C(=O)N1CCC[C@H]1C(=O)O. The number of allylic oxidation sites excluding steroid dienone is 1. The molecular formula is C41H62N12O12. The molecule has 4 rings (SSSR count). The molecule has 0 saturated carbocycles. The van der Waals surface area contributed by atoms with Crippen LogP contribution in [0.15, 0.2) is 41.3 Å². The van der Waals surface area contributed by atoms with Crippen LogP contribution in [0.3, 0.4) is 0 Å². The molecule has 0 spiro atoms. The van der Waals surface area contributed by atoms with Crippen LogP contribution in [0.5, 0.6) is 0 Å². The number of aromatic nitrogens is 2. The molecule has 24 nitrogen and oxygen atoms in total. The summed E-state index contributed by atoms with van der Waals surface area (Å²) in [5, 5.41) is 49.8. The van der Waals surface area contributed by atoms with E-state index in [0.29, 0.717) is 30.5 Å². The van der Waals surface area contributed by atoms with Crippen LogP contribution >= 0.6 is 0 Å². The predicted molar refractivity (Wildman–Crippen MR) is 230 cm³/mol. The molecule has 15 N–H and O–H groups in total. The minimum Gasteiger partial charge on any atom is -0.481 e. The van der Waals surface area contributed by atoms with E-state index in [1.807, 2.05) is 0 Å². The van der Waals surface area contributed by atoms with Crippen LogP contribution in [0.2, 0.25) is 0 Å². The van der Waals surface area contributed by atoms with Crippen molar-refractivity contribution in [1.29, 1.82) is 0 Å². The van der Waals surface area contributed by atoms with Gasteiger partial charge < -0.3 is 73.7 Å². The van der Waals surface area contributed by atoms with Crippen molar-refractivity contribution in [2.45, 2.75) is 133 Å². The molecule has 1 aromatic heterocycles. The van der Waals surface area contributed by atoms with Crippen LogP contribution in [-0.2, 0) is 44.8 Å². The van der Waals surface area contributed by atoms with Gasteiger partial charge in [0.15, 0.2) is 11.7 Å². The highest BCUT2D eigenvalue weighted by Gasteiger charge is 2.42. The molecule has 0 aromatic carbocycles. The second kappa shape index (κ2) is 23.5. The first-order valence-corrected chi connectivity index (χ1v) is 21.6. The number of aliphatic hydroxyl groups is 2. The van der Waals surface area contributed by atoms with Gasteiger partial charge in [-0.1, -0.05) is 32.4 Å². The van der Waals surface area contributed by atoms with Gasteiger partial charge >= 0.3 is 11.9 Å². The number of hydrogen-bond acceptors (Lipinski definition) is 13. The third kappa shape index (κ3) is 14.8. The number of nitrogens with two attached hydrogens (primary N) is 3. The van der Waals surface area contributed by atoms with Gasteiger partial charge in [-0.15, -0.1) is 0 Å². The molecule has 3 heterocycles. The number of likely N-dealkylation sites (tertiary alicyclic amines) is 2. The van der Waals surface area contributed by atoms with E-state index >= 15 is 0 Å². The smallest absolute Gasteiger partial charge is 0.326 e. The highest BCUT2D eigenvalue weighted by atomic mass is 16.5. The van der Waals surface area contributed by atoms with Gasteiger partial charge in [-0.2, -0.15) is 0 Å². The van der Waals surface area contributed by atoms with Crippen LogP contribution in [0, 0.1) is 5.92 Å². The van der Waals surface area contributed by atoms with Crippen molar-refractivity contribution in [2.24, 2.45) is 28.1 Å². The summed E-state index contributed by atoms with van der Waals surface area (Å²) in [7, 11) is 0. The van der Waals surface area contributed by atoms with Crippen LogP contribution < -0.4 is 38.5 Å². The molecule has 2 saturated heterocycles. The number of imidazole rings is 1. The van der Waals surface area contributed by atoms with Gasteiger partial charge in [-0.05, 0) is 56.1 Å². The summed E-state index contributed by atoms with van der Waals surface area (Å²) in [5.41, 5.74) is 17.5. The Hall–Kier alpha value is -6.40. The summed E-state index contributed by atoms with van der Waals surface area (Å²) in [6.07, 6.45) is 7.34. The summed E-state index contributed by atoms with van der Waals surface area (Å²) in [6, 6.07) is -8.93. The van der Waals surface area contributed by atoms with E-state index in [1.54, 1.807) is 13.8 Å². The fourth-order valence-electron chi connectivity index (χ4n) is 7.87. The summed E-state index contributed by atoms with van der Waals surface area (Å²) in [4.78, 5) is 120. The third-order valence-electron chi connectivity index (χ3n) is 11.6. The number of carbonyl (C=O) groups excluding carboxylic acids is 6. The molecule has 0 unspecified atom stereocenters. The number of nitrogens with zero attached hydrogens (tertiary/aromatic N) is 4. The lowest BCUT2D eigenvalue weighted by Gasteiger charge is -2.32. The Balaban J connectivity index is 1.59. The maximum Gasteiger partial charge on any atom is 0.326 e. The summed E-state index contributed by atoms with van der Waals surface area (Å²) in [6.45, 7) is 3.80. The fourth-order valence-corrected chi connectivity index (χ4v) is 7.87. The normalized spacial score (nSPS) is 20.5. The van der Waals surface area contributed by atoms with E-state index in [2.05, 4.69) is 36.2 Å². The second-order valence-electron chi connectivity index (χ2n) is 16.6. The number of aliphatic imine (C=N–C) groups is 1. The number of carboxylic acids is 2. The zero-order valence-corrected chi connectivity index (χ0v) is 36.5. The molecular weight excluding hydrogens is 853 g/mol. The number of H-pyrrole nitrogens is 1. The minimum absolute atomic E-state index is 0.0136. The van der Waals surface area contributed by atoms with Gasteiger partial charge in [-0.3, -0.25) is 38.6 Å². The molecule has 2 fully saturated rings. The minimum atomic E-state index is -2.15. The van der Waals surface area contributed by atoms with E-state index < -0.39 is 108 Å². The average molecular weight is 915 g/mol. The monoisotopic (exact) mass is 914 g/mol. The summed E-state index contributed by atoms with van der Waals surface area (Å²) < 4.78 is 0. The van der Waals surface area contributed by atoms with Crippen molar-refractivity contribution in [3.8, 4) is 0 Å². The van der Waals surface area contributed by atoms with E-state index in [4.69, 9.17) is 22.3 Å². The zero-order valence-electron chi connectivity index (χ0n) is 36.5. The van der Waals surface area contributed by atoms with Crippen LogP contribution in [-0.4, -0.2) is 161 Å². The van der Waals surface area contributed by atoms with Crippen molar-refractivity contribution < 1.29 is 58.8 Å². The second-order valence-corrected chi connectivity index (χ2v) is 16.6. The first kappa shape index (κ1) is 51.2. The molecule has 8 atom stereocenters. The highest BCUT2D eigenvalue weighted by Crippen LogP contribution is 2.24. The Labute approximate surface area is 374 Å². The lowest BCUT2D eigenvalue weighted by molar-refractivity contribution is -0.149. The van der Waals surface area contributed by atoms with Crippen LogP contribution in [0.25, 0.3) is 0 Å². The maximum atomic E-state index is 14.4. The zero-order chi connectivity index (χ0) is 48.0. The molecule has 1 aromatic rings. The number of carbonyl (C=O) groups is 8. The van der Waals surface area contributed by atoms with Gasteiger partial charge in [0.2, 0.25) is 35.4 Å². The van der Waals surface area contributed by atoms with E-state index in [0.717, 1.165) is 6.08 Å². The van der Waals surface area contributed by atoms with Crippen molar-refractivity contribution in [1.82, 2.24) is 41.0 Å². The van der Waals surface area contributed by atoms with E-state index in [9.17, 15) is 53.7 Å². The largest absolute Gasteiger partial charge is 0.481 e. The first-order chi connectivity index (χ1) is 30.7. The molecule has 6 amide bonds. The predicted octanol–water partition coefficient (Wildman–Crippen LogP) is -3.18. The standard InChI is InChI=1S/C41H62N12O12/c1-3-22(2)32(36(59)50-28(18-24-20-45-21-47-24)38(61)53-16-6-9-30(53)39(62)63)51-34(57)27(17-23-10-12-41(64,65)13-11-23)49-35(58)29-8-5-15-52(29)37(60)26(7-4-14-46-40(43)44)48-33(56)25(42)19-31(54)55/h10-12,20-22,25-30,32,64-65H,3-9,13-19,42H2,1-2H3,(H,45,47)(H,48,56)(H,49,58)(H,50,59)(H,51,57)(H,54,55)(H,62,63)(H4,43,44,46)/t22-,25-,26-,27-,28-,29-,30-,32-/m0/s1. The molecule has 358 valence electrons. The Kier molecular flexibility index (Phi) is 18.5. The van der Waals surface area contributed by atoms with Gasteiger partial charge in [-0.25, -0.2) is 9.78 Å². The maximum absolute atomic E-state index is 14.4. The topological polar surface area (TPSA) is 391 Å². The summed E-state index contributed by atoms with van der Waals surface area (Å²) >= 11 is 0. The van der Waals surface area contributed by atoms with Crippen LogP contribution in [0.1, 0.15) is 83.7 Å². The lowest BCUT2D eigenvalue weighted by atomic mass is 9.94. The lowest BCUT2D eigenvalue weighted by Crippen LogP contribution is -2.61. The van der Waals surface area contributed by atoms with Crippen molar-refractivity contribution >= 4 is 53.3 Å². The number of carboxylic acid groups (broad SMARTS) is 2. The quantitative estimate of drug-likeness (QED) is 0.0223. The number of nitrogens with one attached hydrogen (secondary N) is 5. The van der Waals surface area contributed by atoms with Crippen molar-refractivity contribution in [3.63, 3.8) is 0 Å². The molecule has 24 heteroatoms. The average Bonchev–Trinajstić information content (AvgIpc) is 4.06. The number of guanidine groups is 1. The number of aromatic amines is 1. The first-order valence-electron chi connectivity index (χ1n) is 21.6.